The van der Waals surface area contributed by atoms with Crippen molar-refractivity contribution in [3.8, 4) is 0 Å². The first kappa shape index (κ1) is 15.8. The second kappa shape index (κ2) is 7.41. The molecule has 0 aliphatic heterocycles. The molecule has 3 heteroatoms. The highest BCUT2D eigenvalue weighted by molar-refractivity contribution is 5.81. The molecule has 21 heavy (non-hydrogen) atoms. The number of aliphatic hydroxyl groups excluding tert-OH is 1. The van der Waals surface area contributed by atoms with Crippen molar-refractivity contribution >= 4 is 16.7 Å². The number of aliphatic hydroxyl groups is 1. The Kier molecular flexibility index (Phi) is 5.57. The fourth-order valence-corrected chi connectivity index (χ4v) is 2.76. The number of para-hydroxylation sites is 1. The van der Waals surface area contributed by atoms with E-state index in [9.17, 15) is 5.11 Å². The van der Waals surface area contributed by atoms with Crippen molar-refractivity contribution in [3.05, 3.63) is 35.9 Å². The van der Waals surface area contributed by atoms with E-state index in [-0.39, 0.29) is 6.61 Å². The third-order valence-electron chi connectivity index (χ3n) is 4.26. The summed E-state index contributed by atoms with van der Waals surface area (Å²) in [7, 11) is 0. The summed E-state index contributed by atoms with van der Waals surface area (Å²) >= 11 is 0. The molecule has 1 N–H and O–H groups in total. The molecule has 3 nitrogen and oxygen atoms in total. The second-order valence-corrected chi connectivity index (χ2v) is 5.54. The molecule has 1 aromatic carbocycles. The van der Waals surface area contributed by atoms with Crippen LogP contribution in [0.5, 0.6) is 0 Å². The van der Waals surface area contributed by atoms with Gasteiger partial charge < -0.3 is 10.0 Å². The van der Waals surface area contributed by atoms with E-state index in [1.807, 2.05) is 24.3 Å². The highest BCUT2D eigenvalue weighted by Gasteiger charge is 2.16. The van der Waals surface area contributed by atoms with Crippen LogP contribution in [0.25, 0.3) is 10.9 Å². The van der Waals surface area contributed by atoms with E-state index in [1.54, 1.807) is 0 Å². The molecule has 0 unspecified atom stereocenters. The Morgan fingerprint density at radius 1 is 1.14 bits per heavy atom. The van der Waals surface area contributed by atoms with Gasteiger partial charge in [0, 0.05) is 24.0 Å². The summed E-state index contributed by atoms with van der Waals surface area (Å²) in [6, 6.07) is 10.2. The lowest BCUT2D eigenvalue weighted by Gasteiger charge is -2.28. The second-order valence-electron chi connectivity index (χ2n) is 5.54. The molecule has 2 aromatic rings. The minimum Gasteiger partial charge on any atom is -0.392 e. The predicted octanol–water partition coefficient (Wildman–Crippen LogP) is 3.99. The van der Waals surface area contributed by atoms with E-state index in [1.165, 1.54) is 12.8 Å². The molecular formula is C18H26N2O. The van der Waals surface area contributed by atoms with Gasteiger partial charge in [0.05, 0.1) is 12.1 Å². The third kappa shape index (κ3) is 3.53. The lowest BCUT2D eigenvalue weighted by atomic mass is 10.0. The van der Waals surface area contributed by atoms with Gasteiger partial charge in [0.1, 0.15) is 5.82 Å². The van der Waals surface area contributed by atoms with Crippen LogP contribution in [-0.4, -0.2) is 23.2 Å². The van der Waals surface area contributed by atoms with Crippen LogP contribution in [0, 0.1) is 5.92 Å². The SMILES string of the molecule is CCC(CC)CN(CC)c1nc2ccccc2cc1CO. The Morgan fingerprint density at radius 2 is 1.86 bits per heavy atom. The van der Waals surface area contributed by atoms with Crippen LogP contribution in [0.4, 0.5) is 5.82 Å². The van der Waals surface area contributed by atoms with Crippen LogP contribution in [0.3, 0.4) is 0 Å². The molecule has 0 saturated carbocycles. The molecule has 0 fully saturated rings. The predicted molar refractivity (Wildman–Crippen MR) is 89.6 cm³/mol. The highest BCUT2D eigenvalue weighted by Crippen LogP contribution is 2.25. The number of pyridine rings is 1. The lowest BCUT2D eigenvalue weighted by molar-refractivity contribution is 0.281. The van der Waals surface area contributed by atoms with Crippen molar-refractivity contribution in [3.63, 3.8) is 0 Å². The molecular weight excluding hydrogens is 260 g/mol. The highest BCUT2D eigenvalue weighted by atomic mass is 16.3. The molecule has 0 spiro atoms. The molecule has 2 rings (SSSR count). The van der Waals surface area contributed by atoms with E-state index < -0.39 is 0 Å². The Balaban J connectivity index is 2.41. The first-order chi connectivity index (χ1) is 10.2. The van der Waals surface area contributed by atoms with Gasteiger partial charge in [-0.05, 0) is 25.0 Å². The Labute approximate surface area is 127 Å². The zero-order valence-corrected chi connectivity index (χ0v) is 13.3. The molecule has 114 valence electrons. The van der Waals surface area contributed by atoms with Crippen molar-refractivity contribution in [1.29, 1.82) is 0 Å². The summed E-state index contributed by atoms with van der Waals surface area (Å²) in [5.74, 6) is 1.61. The largest absolute Gasteiger partial charge is 0.392 e. The average Bonchev–Trinajstić information content (AvgIpc) is 2.55. The number of hydrogen-bond donors (Lipinski definition) is 1. The molecule has 0 aliphatic carbocycles. The van der Waals surface area contributed by atoms with E-state index in [0.717, 1.165) is 35.4 Å². The van der Waals surface area contributed by atoms with Gasteiger partial charge >= 0.3 is 0 Å². The minimum absolute atomic E-state index is 0.0343. The monoisotopic (exact) mass is 286 g/mol. The van der Waals surface area contributed by atoms with Crippen molar-refractivity contribution < 1.29 is 5.11 Å². The topological polar surface area (TPSA) is 36.4 Å². The standard InChI is InChI=1S/C18H26N2O/c1-4-14(5-2)12-20(6-3)18-16(13-21)11-15-9-7-8-10-17(15)19-18/h7-11,14,21H,4-6,12-13H2,1-3H3. The Bertz CT molecular complexity index is 578. The zero-order valence-electron chi connectivity index (χ0n) is 13.3. The summed E-state index contributed by atoms with van der Waals surface area (Å²) in [5.41, 5.74) is 1.91. The van der Waals surface area contributed by atoms with Gasteiger partial charge in [-0.15, -0.1) is 0 Å². The maximum atomic E-state index is 9.70. The van der Waals surface area contributed by atoms with Crippen molar-refractivity contribution in [2.75, 3.05) is 18.0 Å². The van der Waals surface area contributed by atoms with Gasteiger partial charge in [-0.25, -0.2) is 4.98 Å². The van der Waals surface area contributed by atoms with Crippen LogP contribution >= 0.6 is 0 Å². The van der Waals surface area contributed by atoms with E-state index in [2.05, 4.69) is 31.7 Å². The number of benzene rings is 1. The van der Waals surface area contributed by atoms with Gasteiger partial charge in [-0.2, -0.15) is 0 Å². The third-order valence-corrected chi connectivity index (χ3v) is 4.26. The maximum absolute atomic E-state index is 9.70. The van der Waals surface area contributed by atoms with Crippen molar-refractivity contribution in [2.45, 2.75) is 40.2 Å². The summed E-state index contributed by atoms with van der Waals surface area (Å²) in [5, 5.41) is 10.8. The first-order valence-corrected chi connectivity index (χ1v) is 7.97. The first-order valence-electron chi connectivity index (χ1n) is 7.97. The molecule has 1 heterocycles. The van der Waals surface area contributed by atoms with Gasteiger partial charge in [0.25, 0.3) is 0 Å². The molecule has 0 amide bonds. The Morgan fingerprint density at radius 3 is 2.48 bits per heavy atom. The zero-order chi connectivity index (χ0) is 15.2. The van der Waals surface area contributed by atoms with Gasteiger partial charge in [-0.3, -0.25) is 0 Å². The average molecular weight is 286 g/mol. The number of anilines is 1. The van der Waals surface area contributed by atoms with Gasteiger partial charge in [-0.1, -0.05) is 44.9 Å². The van der Waals surface area contributed by atoms with Gasteiger partial charge in [0.15, 0.2) is 0 Å². The number of aromatic nitrogens is 1. The summed E-state index contributed by atoms with van der Waals surface area (Å²) in [4.78, 5) is 7.11. The van der Waals surface area contributed by atoms with Crippen LogP contribution < -0.4 is 4.90 Å². The molecule has 0 bridgehead atoms. The van der Waals surface area contributed by atoms with E-state index in [0.29, 0.717) is 5.92 Å². The summed E-state index contributed by atoms with van der Waals surface area (Å²) < 4.78 is 0. The number of fused-ring (bicyclic) bond motifs is 1. The quantitative estimate of drug-likeness (QED) is 0.836. The van der Waals surface area contributed by atoms with Gasteiger partial charge in [0.2, 0.25) is 0 Å². The normalized spacial score (nSPS) is 11.3. The lowest BCUT2D eigenvalue weighted by Crippen LogP contribution is -2.30. The summed E-state index contributed by atoms with van der Waals surface area (Å²) in [6.45, 7) is 8.58. The van der Waals surface area contributed by atoms with Crippen molar-refractivity contribution in [2.24, 2.45) is 5.92 Å². The number of hydrogen-bond acceptors (Lipinski definition) is 3. The molecule has 0 atom stereocenters. The summed E-state index contributed by atoms with van der Waals surface area (Å²) in [6.07, 6.45) is 2.35. The molecule has 0 radical (unpaired) electrons. The van der Waals surface area contributed by atoms with Crippen LogP contribution in [0.2, 0.25) is 0 Å². The molecule has 0 aliphatic rings. The van der Waals surface area contributed by atoms with E-state index >= 15 is 0 Å². The minimum atomic E-state index is 0.0343. The number of rotatable bonds is 7. The number of nitrogens with zero attached hydrogens (tertiary/aromatic N) is 2. The van der Waals surface area contributed by atoms with Crippen LogP contribution in [0.15, 0.2) is 30.3 Å². The van der Waals surface area contributed by atoms with Crippen molar-refractivity contribution in [1.82, 2.24) is 4.98 Å². The molecule has 1 aromatic heterocycles. The fourth-order valence-electron chi connectivity index (χ4n) is 2.76. The van der Waals surface area contributed by atoms with Crippen LogP contribution in [-0.2, 0) is 6.61 Å². The Hall–Kier alpha value is -1.61. The van der Waals surface area contributed by atoms with E-state index in [4.69, 9.17) is 4.98 Å². The molecule has 0 saturated heterocycles. The van der Waals surface area contributed by atoms with Crippen LogP contribution in [0.1, 0.15) is 39.2 Å². The smallest absolute Gasteiger partial charge is 0.134 e. The fraction of sp³-hybridized carbons (Fsp3) is 0.500. The maximum Gasteiger partial charge on any atom is 0.134 e.